The molecule has 6 heteroatoms. The summed E-state index contributed by atoms with van der Waals surface area (Å²) >= 11 is 6.15. The van der Waals surface area contributed by atoms with Gasteiger partial charge in [0.2, 0.25) is 11.9 Å². The van der Waals surface area contributed by atoms with Gasteiger partial charge in [0.25, 0.3) is 0 Å². The van der Waals surface area contributed by atoms with Crippen LogP contribution in [0.15, 0.2) is 24.4 Å². The highest BCUT2D eigenvalue weighted by molar-refractivity contribution is 6.33. The molecule has 0 atom stereocenters. The number of amides is 1. The average Bonchev–Trinajstić information content (AvgIpc) is 2.63. The topological polar surface area (TPSA) is 72.1 Å². The van der Waals surface area contributed by atoms with Crippen LogP contribution in [-0.2, 0) is 10.2 Å². The van der Waals surface area contributed by atoms with E-state index < -0.39 is 5.41 Å². The van der Waals surface area contributed by atoms with Crippen LogP contribution < -0.4 is 10.6 Å². The Kier molecular flexibility index (Phi) is 2.92. The molecule has 2 aromatic rings. The number of benzene rings is 1. The zero-order valence-electron chi connectivity index (χ0n) is 12.0. The Morgan fingerprint density at radius 2 is 2.05 bits per heavy atom. The summed E-state index contributed by atoms with van der Waals surface area (Å²) in [5.41, 5.74) is 8.33. The van der Waals surface area contributed by atoms with Crippen LogP contribution in [-0.4, -0.2) is 22.9 Å². The van der Waals surface area contributed by atoms with E-state index in [4.69, 9.17) is 17.3 Å². The molecule has 0 unspecified atom stereocenters. The first-order valence-electron chi connectivity index (χ1n) is 6.53. The van der Waals surface area contributed by atoms with E-state index in [1.165, 1.54) is 6.20 Å². The summed E-state index contributed by atoms with van der Waals surface area (Å²) in [5.74, 6) is 0.241. The summed E-state index contributed by atoms with van der Waals surface area (Å²) in [5, 5.41) is 0.430. The van der Waals surface area contributed by atoms with Gasteiger partial charge < -0.3 is 10.6 Å². The molecule has 21 heavy (non-hydrogen) atoms. The molecule has 2 N–H and O–H groups in total. The van der Waals surface area contributed by atoms with Crippen molar-refractivity contribution < 1.29 is 4.79 Å². The predicted octanol–water partition coefficient (Wildman–Crippen LogP) is 2.63. The van der Waals surface area contributed by atoms with Gasteiger partial charge in [0.1, 0.15) is 0 Å². The Hall–Kier alpha value is -2.14. The molecule has 5 nitrogen and oxygen atoms in total. The minimum atomic E-state index is -0.564. The highest BCUT2D eigenvalue weighted by Crippen LogP contribution is 2.42. The minimum Gasteiger partial charge on any atom is -0.368 e. The van der Waals surface area contributed by atoms with Crippen molar-refractivity contribution in [3.63, 3.8) is 0 Å². The maximum absolute atomic E-state index is 12.3. The van der Waals surface area contributed by atoms with Crippen LogP contribution in [0.25, 0.3) is 11.3 Å². The molecular formula is C15H15ClN4O. The molecule has 0 saturated carbocycles. The van der Waals surface area contributed by atoms with Crippen molar-refractivity contribution in [1.82, 2.24) is 9.97 Å². The number of nitrogens with zero attached hydrogens (tertiary/aromatic N) is 3. The number of fused-ring (bicyclic) bond motifs is 1. The molecule has 1 aromatic heterocycles. The number of hydrogen-bond donors (Lipinski definition) is 1. The van der Waals surface area contributed by atoms with Gasteiger partial charge in [-0.25, -0.2) is 9.97 Å². The number of carbonyl (C=O) groups is 1. The fourth-order valence-electron chi connectivity index (χ4n) is 2.70. The summed E-state index contributed by atoms with van der Waals surface area (Å²) in [4.78, 5) is 22.0. The Bertz CT molecular complexity index is 757. The number of rotatable bonds is 1. The van der Waals surface area contributed by atoms with Crippen molar-refractivity contribution in [3.8, 4) is 11.3 Å². The van der Waals surface area contributed by atoms with Crippen molar-refractivity contribution in [2.24, 2.45) is 0 Å². The number of carbonyl (C=O) groups excluding carboxylic acids is 1. The summed E-state index contributed by atoms with van der Waals surface area (Å²) < 4.78 is 0. The lowest BCUT2D eigenvalue weighted by Crippen LogP contribution is -2.33. The lowest BCUT2D eigenvalue weighted by molar-refractivity contribution is -0.121. The van der Waals surface area contributed by atoms with E-state index in [1.807, 2.05) is 32.0 Å². The third kappa shape index (κ3) is 1.96. The van der Waals surface area contributed by atoms with Crippen LogP contribution in [0.2, 0.25) is 5.02 Å². The monoisotopic (exact) mass is 302 g/mol. The molecule has 0 fully saturated rings. The van der Waals surface area contributed by atoms with E-state index in [0.29, 0.717) is 10.7 Å². The number of likely N-dealkylation sites (N-methyl/N-ethyl adjacent to an activating group) is 1. The molecule has 1 aliphatic heterocycles. The zero-order valence-corrected chi connectivity index (χ0v) is 12.8. The highest BCUT2D eigenvalue weighted by Gasteiger charge is 2.42. The molecule has 108 valence electrons. The SMILES string of the molecule is CN1C(=O)C(C)(C)c2cc(-c3nc(N)ncc3Cl)ccc21. The van der Waals surface area contributed by atoms with Crippen molar-refractivity contribution in [3.05, 3.63) is 35.0 Å². The molecule has 2 heterocycles. The minimum absolute atomic E-state index is 0.0722. The molecule has 1 aliphatic rings. The van der Waals surface area contributed by atoms with Crippen LogP contribution in [0.5, 0.6) is 0 Å². The maximum Gasteiger partial charge on any atom is 0.236 e. The third-order valence-electron chi connectivity index (χ3n) is 3.91. The summed E-state index contributed by atoms with van der Waals surface area (Å²) in [7, 11) is 1.78. The second-order valence-electron chi connectivity index (χ2n) is 5.65. The van der Waals surface area contributed by atoms with Crippen LogP contribution in [0, 0.1) is 0 Å². The van der Waals surface area contributed by atoms with Crippen molar-refractivity contribution in [2.45, 2.75) is 19.3 Å². The van der Waals surface area contributed by atoms with Gasteiger partial charge in [0.05, 0.1) is 22.3 Å². The van der Waals surface area contributed by atoms with Gasteiger partial charge >= 0.3 is 0 Å². The predicted molar refractivity (Wildman–Crippen MR) is 83.3 cm³/mol. The first-order valence-corrected chi connectivity index (χ1v) is 6.91. The number of anilines is 2. The second-order valence-corrected chi connectivity index (χ2v) is 6.05. The molecule has 0 aliphatic carbocycles. The Morgan fingerprint density at radius 3 is 2.76 bits per heavy atom. The van der Waals surface area contributed by atoms with Gasteiger partial charge in [0.15, 0.2) is 0 Å². The van der Waals surface area contributed by atoms with Crippen LogP contribution in [0.3, 0.4) is 0 Å². The van der Waals surface area contributed by atoms with E-state index in [2.05, 4.69) is 9.97 Å². The number of halogens is 1. The molecule has 0 spiro atoms. The zero-order chi connectivity index (χ0) is 15.4. The fourth-order valence-corrected chi connectivity index (χ4v) is 2.90. The van der Waals surface area contributed by atoms with Crippen LogP contribution in [0.1, 0.15) is 19.4 Å². The van der Waals surface area contributed by atoms with Gasteiger partial charge in [-0.1, -0.05) is 17.7 Å². The van der Waals surface area contributed by atoms with E-state index in [1.54, 1.807) is 11.9 Å². The van der Waals surface area contributed by atoms with Crippen molar-refractivity contribution in [1.29, 1.82) is 0 Å². The molecule has 3 rings (SSSR count). The molecule has 0 bridgehead atoms. The van der Waals surface area contributed by atoms with Gasteiger partial charge in [0, 0.05) is 18.3 Å². The molecule has 1 aromatic carbocycles. The first-order chi connectivity index (χ1) is 9.82. The number of hydrogen-bond acceptors (Lipinski definition) is 4. The Morgan fingerprint density at radius 1 is 1.33 bits per heavy atom. The van der Waals surface area contributed by atoms with Crippen LogP contribution >= 0.6 is 11.6 Å². The standard InChI is InChI=1S/C15H15ClN4O/c1-15(2)9-6-8(4-5-11(9)20(3)13(15)21)12-10(16)7-18-14(17)19-12/h4-7H,1-3H3,(H2,17,18,19). The molecular weight excluding hydrogens is 288 g/mol. The van der Waals surface area contributed by atoms with E-state index in [9.17, 15) is 4.79 Å². The van der Waals surface area contributed by atoms with Crippen molar-refractivity contribution in [2.75, 3.05) is 17.7 Å². The van der Waals surface area contributed by atoms with Gasteiger partial charge in [-0.15, -0.1) is 0 Å². The van der Waals surface area contributed by atoms with E-state index in [0.717, 1.165) is 16.8 Å². The first kappa shape index (κ1) is 13.8. The molecule has 0 radical (unpaired) electrons. The second kappa shape index (κ2) is 4.43. The van der Waals surface area contributed by atoms with Crippen molar-refractivity contribution >= 4 is 29.1 Å². The lowest BCUT2D eigenvalue weighted by Gasteiger charge is -2.16. The largest absolute Gasteiger partial charge is 0.368 e. The highest BCUT2D eigenvalue weighted by atomic mass is 35.5. The lowest BCUT2D eigenvalue weighted by atomic mass is 9.85. The number of nitrogens with two attached hydrogens (primary N) is 1. The van der Waals surface area contributed by atoms with E-state index in [-0.39, 0.29) is 11.9 Å². The average molecular weight is 303 g/mol. The normalized spacial score (nSPS) is 16.2. The number of aromatic nitrogens is 2. The fraction of sp³-hybridized carbons (Fsp3) is 0.267. The summed E-state index contributed by atoms with van der Waals surface area (Å²) in [6, 6.07) is 5.74. The molecule has 1 amide bonds. The van der Waals surface area contributed by atoms with Gasteiger partial charge in [-0.2, -0.15) is 0 Å². The maximum atomic E-state index is 12.3. The number of nitrogen functional groups attached to an aromatic ring is 1. The summed E-state index contributed by atoms with van der Waals surface area (Å²) in [6.07, 6.45) is 1.48. The van der Waals surface area contributed by atoms with Gasteiger partial charge in [-0.05, 0) is 31.5 Å². The van der Waals surface area contributed by atoms with Crippen LogP contribution in [0.4, 0.5) is 11.6 Å². The molecule has 0 saturated heterocycles. The Labute approximate surface area is 127 Å². The van der Waals surface area contributed by atoms with Gasteiger partial charge in [-0.3, -0.25) is 4.79 Å². The third-order valence-corrected chi connectivity index (χ3v) is 4.18. The quantitative estimate of drug-likeness (QED) is 0.879. The Balaban J connectivity index is 2.20. The summed E-state index contributed by atoms with van der Waals surface area (Å²) in [6.45, 7) is 3.83. The smallest absolute Gasteiger partial charge is 0.236 e. The van der Waals surface area contributed by atoms with E-state index >= 15 is 0 Å².